The summed E-state index contributed by atoms with van der Waals surface area (Å²) < 4.78 is 1.84. The highest BCUT2D eigenvalue weighted by atomic mass is 16.2. The monoisotopic (exact) mass is 388 g/mol. The van der Waals surface area contributed by atoms with Gasteiger partial charge in [0.2, 0.25) is 5.91 Å². The molecule has 3 aromatic rings. The topological polar surface area (TPSA) is 41.4 Å². The van der Waals surface area contributed by atoms with Crippen molar-refractivity contribution in [3.63, 3.8) is 0 Å². The maximum absolute atomic E-state index is 12.8. The molecule has 0 radical (unpaired) electrons. The van der Waals surface area contributed by atoms with Crippen molar-refractivity contribution in [3.05, 3.63) is 71.9 Å². The van der Waals surface area contributed by atoms with Gasteiger partial charge in [0.05, 0.1) is 5.69 Å². The highest BCUT2D eigenvalue weighted by Crippen LogP contribution is 2.24. The maximum Gasteiger partial charge on any atom is 0.223 e. The van der Waals surface area contributed by atoms with Gasteiger partial charge in [-0.1, -0.05) is 48.0 Å². The minimum absolute atomic E-state index is 0.233. The Morgan fingerprint density at radius 3 is 2.34 bits per heavy atom. The Hall–Kier alpha value is -3.08. The predicted molar refractivity (Wildman–Crippen MR) is 117 cm³/mol. The minimum Gasteiger partial charge on any atom is -0.368 e. The lowest BCUT2D eigenvalue weighted by atomic mass is 10.0. The summed E-state index contributed by atoms with van der Waals surface area (Å²) in [6, 6.07) is 18.8. The molecule has 5 heteroatoms. The van der Waals surface area contributed by atoms with Crippen LogP contribution in [0.1, 0.15) is 17.5 Å². The largest absolute Gasteiger partial charge is 0.368 e. The maximum atomic E-state index is 12.8. The molecule has 0 N–H and O–H groups in total. The summed E-state index contributed by atoms with van der Waals surface area (Å²) in [5.74, 6) is 0.233. The zero-order valence-electron chi connectivity index (χ0n) is 17.2. The van der Waals surface area contributed by atoms with Gasteiger partial charge >= 0.3 is 0 Å². The van der Waals surface area contributed by atoms with Crippen LogP contribution in [-0.2, 0) is 18.3 Å². The van der Waals surface area contributed by atoms with E-state index < -0.39 is 0 Å². The molecule has 1 amide bonds. The summed E-state index contributed by atoms with van der Waals surface area (Å²) in [6.45, 7) is 5.42. The standard InChI is InChI=1S/C24H28N4O/c1-19-8-10-20(11-9-19)24-21(18-26(2)25-24)12-13-23(29)28-16-14-27(15-17-28)22-6-4-3-5-7-22/h3-11,18H,12-17H2,1-2H3. The van der Waals surface area contributed by atoms with Crippen molar-refractivity contribution >= 4 is 11.6 Å². The third-order valence-corrected chi connectivity index (χ3v) is 5.59. The number of carbonyl (C=O) groups excluding carboxylic acids is 1. The Morgan fingerprint density at radius 1 is 0.966 bits per heavy atom. The first-order chi connectivity index (χ1) is 14.1. The van der Waals surface area contributed by atoms with Gasteiger partial charge < -0.3 is 9.80 Å². The van der Waals surface area contributed by atoms with Crippen molar-refractivity contribution in [1.82, 2.24) is 14.7 Å². The van der Waals surface area contributed by atoms with E-state index in [1.807, 2.05) is 28.9 Å². The SMILES string of the molecule is Cc1ccc(-c2nn(C)cc2CCC(=O)N2CCN(c3ccccc3)CC2)cc1. The second-order valence-corrected chi connectivity index (χ2v) is 7.75. The van der Waals surface area contributed by atoms with E-state index in [1.54, 1.807) is 0 Å². The van der Waals surface area contributed by atoms with Gasteiger partial charge in [0.15, 0.2) is 0 Å². The van der Waals surface area contributed by atoms with E-state index in [4.69, 9.17) is 0 Å². The zero-order valence-corrected chi connectivity index (χ0v) is 17.2. The van der Waals surface area contributed by atoms with Gasteiger partial charge in [0.25, 0.3) is 0 Å². The highest BCUT2D eigenvalue weighted by molar-refractivity contribution is 5.77. The Labute approximate surface area is 172 Å². The van der Waals surface area contributed by atoms with E-state index in [-0.39, 0.29) is 5.91 Å². The van der Waals surface area contributed by atoms with Gasteiger partial charge in [-0.25, -0.2) is 0 Å². The van der Waals surface area contributed by atoms with Gasteiger partial charge in [-0.15, -0.1) is 0 Å². The number of carbonyl (C=O) groups is 1. The van der Waals surface area contributed by atoms with Crippen LogP contribution in [0.15, 0.2) is 60.8 Å². The molecule has 1 aliphatic rings. The molecule has 1 aliphatic heterocycles. The molecule has 2 heterocycles. The number of amides is 1. The lowest BCUT2D eigenvalue weighted by molar-refractivity contribution is -0.131. The van der Waals surface area contributed by atoms with Gasteiger partial charge in [-0.2, -0.15) is 5.10 Å². The van der Waals surface area contributed by atoms with E-state index >= 15 is 0 Å². The molecule has 5 nitrogen and oxygen atoms in total. The first-order valence-electron chi connectivity index (χ1n) is 10.3. The summed E-state index contributed by atoms with van der Waals surface area (Å²) in [6.07, 6.45) is 3.28. The zero-order chi connectivity index (χ0) is 20.2. The Balaban J connectivity index is 1.35. The molecule has 0 saturated carbocycles. The lowest BCUT2D eigenvalue weighted by Crippen LogP contribution is -2.48. The van der Waals surface area contributed by atoms with E-state index in [0.717, 1.165) is 49.4 Å². The first-order valence-corrected chi connectivity index (χ1v) is 10.3. The molecule has 0 atom stereocenters. The van der Waals surface area contributed by atoms with E-state index in [0.29, 0.717) is 6.42 Å². The van der Waals surface area contributed by atoms with Crippen LogP contribution in [0.25, 0.3) is 11.3 Å². The highest BCUT2D eigenvalue weighted by Gasteiger charge is 2.21. The Morgan fingerprint density at radius 2 is 1.66 bits per heavy atom. The van der Waals surface area contributed by atoms with Gasteiger partial charge in [0.1, 0.15) is 0 Å². The third-order valence-electron chi connectivity index (χ3n) is 5.59. The molecule has 0 spiro atoms. The summed E-state index contributed by atoms with van der Waals surface area (Å²) >= 11 is 0. The summed E-state index contributed by atoms with van der Waals surface area (Å²) in [4.78, 5) is 17.1. The van der Waals surface area contributed by atoms with E-state index in [1.165, 1.54) is 11.3 Å². The lowest BCUT2D eigenvalue weighted by Gasteiger charge is -2.36. The fraction of sp³-hybridized carbons (Fsp3) is 0.333. The molecule has 0 unspecified atom stereocenters. The number of nitrogens with zero attached hydrogens (tertiary/aromatic N) is 4. The molecule has 4 rings (SSSR count). The van der Waals surface area contributed by atoms with Crippen molar-refractivity contribution in [1.29, 1.82) is 0 Å². The van der Waals surface area contributed by atoms with Crippen LogP contribution in [0.5, 0.6) is 0 Å². The first kappa shape index (κ1) is 19.2. The molecule has 29 heavy (non-hydrogen) atoms. The Bertz CT molecular complexity index is 954. The smallest absolute Gasteiger partial charge is 0.223 e. The number of anilines is 1. The fourth-order valence-corrected chi connectivity index (χ4v) is 3.93. The van der Waals surface area contributed by atoms with Crippen molar-refractivity contribution < 1.29 is 4.79 Å². The number of hydrogen-bond donors (Lipinski definition) is 0. The Kier molecular flexibility index (Phi) is 5.65. The van der Waals surface area contributed by atoms with E-state index in [9.17, 15) is 4.79 Å². The second-order valence-electron chi connectivity index (χ2n) is 7.75. The fourth-order valence-electron chi connectivity index (χ4n) is 3.93. The minimum atomic E-state index is 0.233. The summed E-state index contributed by atoms with van der Waals surface area (Å²) in [5, 5.41) is 4.63. The number of hydrogen-bond acceptors (Lipinski definition) is 3. The average Bonchev–Trinajstić information content (AvgIpc) is 3.14. The van der Waals surface area contributed by atoms with Crippen LogP contribution in [0, 0.1) is 6.92 Å². The molecular weight excluding hydrogens is 360 g/mol. The molecule has 2 aromatic carbocycles. The normalized spacial score (nSPS) is 14.3. The molecule has 150 valence electrons. The quantitative estimate of drug-likeness (QED) is 0.670. The average molecular weight is 389 g/mol. The molecular formula is C24H28N4O. The van der Waals surface area contributed by atoms with Crippen LogP contribution >= 0.6 is 0 Å². The second kappa shape index (κ2) is 8.52. The van der Waals surface area contributed by atoms with Crippen molar-refractivity contribution in [3.8, 4) is 11.3 Å². The number of benzene rings is 2. The van der Waals surface area contributed by atoms with Crippen LogP contribution < -0.4 is 4.90 Å². The number of piperazine rings is 1. The van der Waals surface area contributed by atoms with E-state index in [2.05, 4.69) is 65.5 Å². The van der Waals surface area contributed by atoms with Crippen LogP contribution in [-0.4, -0.2) is 46.8 Å². The van der Waals surface area contributed by atoms with Crippen molar-refractivity contribution in [2.45, 2.75) is 19.8 Å². The molecule has 1 saturated heterocycles. The number of aromatic nitrogens is 2. The third kappa shape index (κ3) is 4.50. The predicted octanol–water partition coefficient (Wildman–Crippen LogP) is 3.68. The molecule has 1 fully saturated rings. The number of rotatable bonds is 5. The van der Waals surface area contributed by atoms with Crippen LogP contribution in [0.3, 0.4) is 0 Å². The molecule has 0 aliphatic carbocycles. The summed E-state index contributed by atoms with van der Waals surface area (Å²) in [5.41, 5.74) is 5.69. The van der Waals surface area contributed by atoms with Crippen molar-refractivity contribution in [2.24, 2.45) is 7.05 Å². The van der Waals surface area contributed by atoms with Gasteiger partial charge in [0, 0.05) is 57.1 Å². The number of aryl methyl sites for hydroxylation is 3. The van der Waals surface area contributed by atoms with Crippen molar-refractivity contribution in [2.75, 3.05) is 31.1 Å². The van der Waals surface area contributed by atoms with Gasteiger partial charge in [-0.3, -0.25) is 9.48 Å². The summed E-state index contributed by atoms with van der Waals surface area (Å²) in [7, 11) is 1.94. The molecule has 0 bridgehead atoms. The number of para-hydroxylation sites is 1. The molecule has 1 aromatic heterocycles. The van der Waals surface area contributed by atoms with Crippen LogP contribution in [0.4, 0.5) is 5.69 Å². The van der Waals surface area contributed by atoms with Gasteiger partial charge in [-0.05, 0) is 31.0 Å². The van der Waals surface area contributed by atoms with Crippen LogP contribution in [0.2, 0.25) is 0 Å².